The third kappa shape index (κ3) is 2.81. The van der Waals surface area contributed by atoms with E-state index in [0.29, 0.717) is 13.2 Å². The quantitative estimate of drug-likeness (QED) is 0.890. The molecule has 0 spiro atoms. The number of amides is 1. The summed E-state index contributed by atoms with van der Waals surface area (Å²) < 4.78 is 7.40. The molecule has 0 aromatic carbocycles. The van der Waals surface area contributed by atoms with Gasteiger partial charge in [-0.25, -0.2) is 0 Å². The third-order valence-electron chi connectivity index (χ3n) is 4.12. The van der Waals surface area contributed by atoms with E-state index in [-0.39, 0.29) is 11.8 Å². The Hall–Kier alpha value is -1.36. The first-order chi connectivity index (χ1) is 9.34. The summed E-state index contributed by atoms with van der Waals surface area (Å²) in [5.74, 6) is 0.474. The van der Waals surface area contributed by atoms with E-state index < -0.39 is 0 Å². The van der Waals surface area contributed by atoms with Crippen LogP contribution in [0.3, 0.4) is 0 Å². The van der Waals surface area contributed by atoms with Crippen molar-refractivity contribution in [2.45, 2.75) is 45.3 Å². The number of rotatable bonds is 4. The smallest absolute Gasteiger partial charge is 0.223 e. The Bertz CT molecular complexity index is 450. The minimum Gasteiger partial charge on any atom is -0.376 e. The molecule has 19 heavy (non-hydrogen) atoms. The molecule has 0 unspecified atom stereocenters. The van der Waals surface area contributed by atoms with Gasteiger partial charge in [0.2, 0.25) is 5.91 Å². The highest BCUT2D eigenvalue weighted by atomic mass is 16.5. The van der Waals surface area contributed by atoms with Crippen molar-refractivity contribution in [2.24, 2.45) is 5.92 Å². The zero-order valence-corrected chi connectivity index (χ0v) is 11.2. The van der Waals surface area contributed by atoms with Gasteiger partial charge in [0.05, 0.1) is 26.0 Å². The van der Waals surface area contributed by atoms with E-state index in [1.54, 1.807) is 0 Å². The van der Waals surface area contributed by atoms with Gasteiger partial charge in [0, 0.05) is 30.1 Å². The molecule has 1 saturated carbocycles. The maximum atomic E-state index is 11.9. The lowest BCUT2D eigenvalue weighted by Gasteiger charge is -2.15. The maximum Gasteiger partial charge on any atom is 0.223 e. The highest BCUT2D eigenvalue weighted by molar-refractivity contribution is 5.78. The molecule has 1 aliphatic carbocycles. The Labute approximate surface area is 113 Å². The summed E-state index contributed by atoms with van der Waals surface area (Å²) in [6, 6.07) is 0. The van der Waals surface area contributed by atoms with Crippen LogP contribution in [0.5, 0.6) is 0 Å². The molecule has 0 radical (unpaired) electrons. The molecule has 3 rings (SSSR count). The molecule has 1 fully saturated rings. The van der Waals surface area contributed by atoms with Crippen LogP contribution >= 0.6 is 0 Å². The van der Waals surface area contributed by atoms with Crippen LogP contribution in [-0.4, -0.2) is 28.8 Å². The van der Waals surface area contributed by atoms with Gasteiger partial charge in [0.15, 0.2) is 0 Å². The van der Waals surface area contributed by atoms with Gasteiger partial charge in [-0.15, -0.1) is 0 Å². The highest BCUT2D eigenvalue weighted by Gasteiger charge is 2.22. The van der Waals surface area contributed by atoms with Gasteiger partial charge in [-0.05, 0) is 12.8 Å². The molecule has 1 aliphatic heterocycles. The number of hydrogen-bond acceptors (Lipinski definition) is 3. The first kappa shape index (κ1) is 12.7. The fraction of sp³-hybridized carbons (Fsp3) is 0.714. The van der Waals surface area contributed by atoms with Crippen molar-refractivity contribution in [1.82, 2.24) is 15.1 Å². The summed E-state index contributed by atoms with van der Waals surface area (Å²) >= 11 is 0. The molecule has 1 aromatic rings. The van der Waals surface area contributed by atoms with Gasteiger partial charge in [-0.3, -0.25) is 9.48 Å². The molecule has 1 amide bonds. The molecule has 0 bridgehead atoms. The van der Waals surface area contributed by atoms with Crippen molar-refractivity contribution in [1.29, 1.82) is 0 Å². The van der Waals surface area contributed by atoms with E-state index in [1.165, 1.54) is 24.1 Å². The second-order valence-corrected chi connectivity index (χ2v) is 5.41. The largest absolute Gasteiger partial charge is 0.376 e. The predicted octanol–water partition coefficient (Wildman–Crippen LogP) is 1.26. The lowest BCUT2D eigenvalue weighted by Crippen LogP contribution is -2.32. The average Bonchev–Trinajstić information content (AvgIpc) is 3.08. The zero-order valence-electron chi connectivity index (χ0n) is 11.2. The predicted molar refractivity (Wildman–Crippen MR) is 70.6 cm³/mol. The fourth-order valence-corrected chi connectivity index (χ4v) is 3.02. The summed E-state index contributed by atoms with van der Waals surface area (Å²) in [6.45, 7) is 2.87. The van der Waals surface area contributed by atoms with E-state index >= 15 is 0 Å². The molecular weight excluding hydrogens is 242 g/mol. The molecule has 0 saturated heterocycles. The van der Waals surface area contributed by atoms with Gasteiger partial charge in [0.1, 0.15) is 0 Å². The number of aromatic nitrogens is 2. The van der Waals surface area contributed by atoms with Crippen LogP contribution in [0.1, 0.15) is 36.9 Å². The highest BCUT2D eigenvalue weighted by Crippen LogP contribution is 2.24. The summed E-state index contributed by atoms with van der Waals surface area (Å²) in [5.41, 5.74) is 2.45. The van der Waals surface area contributed by atoms with Crippen molar-refractivity contribution in [3.05, 3.63) is 17.5 Å². The molecule has 2 aliphatic rings. The van der Waals surface area contributed by atoms with Gasteiger partial charge in [0.25, 0.3) is 0 Å². The molecule has 1 aromatic heterocycles. The fourth-order valence-electron chi connectivity index (χ4n) is 3.02. The average molecular weight is 263 g/mol. The molecule has 2 heterocycles. The minimum atomic E-state index is 0.224. The second kappa shape index (κ2) is 5.74. The van der Waals surface area contributed by atoms with Crippen LogP contribution in [0.15, 0.2) is 6.20 Å². The zero-order chi connectivity index (χ0) is 13.1. The standard InChI is InChI=1S/C14H21N3O2/c18-14(11-3-1-2-4-11)15-6-7-17-13-5-8-19-10-12(13)9-16-17/h9,11H,1-8,10H2,(H,15,18). The van der Waals surface area contributed by atoms with Crippen molar-refractivity contribution < 1.29 is 9.53 Å². The van der Waals surface area contributed by atoms with Gasteiger partial charge in [-0.1, -0.05) is 12.8 Å². The first-order valence-electron chi connectivity index (χ1n) is 7.23. The number of nitrogens with zero attached hydrogens (tertiary/aromatic N) is 2. The summed E-state index contributed by atoms with van der Waals surface area (Å²) in [6.07, 6.45) is 7.31. The Balaban J connectivity index is 1.49. The summed E-state index contributed by atoms with van der Waals surface area (Å²) in [5, 5.41) is 7.42. The lowest BCUT2D eigenvalue weighted by molar-refractivity contribution is -0.124. The van der Waals surface area contributed by atoms with Crippen molar-refractivity contribution in [3.8, 4) is 0 Å². The SMILES string of the molecule is O=C(NCCn1ncc2c1CCOC2)C1CCCC1. The van der Waals surface area contributed by atoms with Gasteiger partial charge >= 0.3 is 0 Å². The lowest BCUT2D eigenvalue weighted by atomic mass is 10.1. The number of hydrogen-bond donors (Lipinski definition) is 1. The molecule has 0 atom stereocenters. The number of carbonyl (C=O) groups is 1. The second-order valence-electron chi connectivity index (χ2n) is 5.41. The number of fused-ring (bicyclic) bond motifs is 1. The van der Waals surface area contributed by atoms with E-state index in [1.807, 2.05) is 10.9 Å². The number of ether oxygens (including phenoxy) is 1. The van der Waals surface area contributed by atoms with E-state index in [0.717, 1.165) is 32.4 Å². The van der Waals surface area contributed by atoms with Crippen LogP contribution in [0, 0.1) is 5.92 Å². The van der Waals surface area contributed by atoms with Crippen molar-refractivity contribution >= 4 is 5.91 Å². The normalized spacial score (nSPS) is 19.4. The monoisotopic (exact) mass is 263 g/mol. The van der Waals surface area contributed by atoms with Crippen LogP contribution < -0.4 is 5.32 Å². The molecular formula is C14H21N3O2. The summed E-state index contributed by atoms with van der Waals surface area (Å²) in [7, 11) is 0. The van der Waals surface area contributed by atoms with Crippen LogP contribution in [-0.2, 0) is 29.1 Å². The molecule has 104 valence electrons. The first-order valence-corrected chi connectivity index (χ1v) is 7.23. The molecule has 5 heteroatoms. The van der Waals surface area contributed by atoms with Crippen molar-refractivity contribution in [2.75, 3.05) is 13.2 Å². The Morgan fingerprint density at radius 1 is 1.47 bits per heavy atom. The van der Waals surface area contributed by atoms with Crippen LogP contribution in [0.2, 0.25) is 0 Å². The van der Waals surface area contributed by atoms with E-state index in [9.17, 15) is 4.79 Å². The number of nitrogens with one attached hydrogen (secondary N) is 1. The topological polar surface area (TPSA) is 56.2 Å². The molecule has 5 nitrogen and oxygen atoms in total. The Morgan fingerprint density at radius 3 is 3.16 bits per heavy atom. The Kier molecular flexibility index (Phi) is 3.82. The van der Waals surface area contributed by atoms with Crippen molar-refractivity contribution in [3.63, 3.8) is 0 Å². The van der Waals surface area contributed by atoms with Crippen LogP contribution in [0.4, 0.5) is 0 Å². The maximum absolute atomic E-state index is 11.9. The van der Waals surface area contributed by atoms with E-state index in [4.69, 9.17) is 4.74 Å². The number of carbonyl (C=O) groups excluding carboxylic acids is 1. The minimum absolute atomic E-state index is 0.224. The van der Waals surface area contributed by atoms with Gasteiger partial charge < -0.3 is 10.1 Å². The third-order valence-corrected chi connectivity index (χ3v) is 4.12. The Morgan fingerprint density at radius 2 is 2.32 bits per heavy atom. The summed E-state index contributed by atoms with van der Waals surface area (Å²) in [4.78, 5) is 11.9. The van der Waals surface area contributed by atoms with Gasteiger partial charge in [-0.2, -0.15) is 5.10 Å². The van der Waals surface area contributed by atoms with E-state index in [2.05, 4.69) is 10.4 Å². The molecule has 1 N–H and O–H groups in total. The van der Waals surface area contributed by atoms with Crippen LogP contribution in [0.25, 0.3) is 0 Å².